The average Bonchev–Trinajstić information content (AvgIpc) is 3.24. The maximum Gasteiger partial charge on any atom is 0.258 e. The minimum Gasteiger partial charge on any atom is -0.490 e. The molecule has 0 spiro atoms. The van der Waals surface area contributed by atoms with Crippen LogP contribution in [0, 0.1) is 0 Å². The van der Waals surface area contributed by atoms with Crippen LogP contribution in [0.2, 0.25) is 10.0 Å². The van der Waals surface area contributed by atoms with Gasteiger partial charge in [-0.15, -0.1) is 0 Å². The van der Waals surface area contributed by atoms with Crippen LogP contribution in [0.4, 0.5) is 0 Å². The number of fused-ring (bicyclic) bond motifs is 2. The fourth-order valence-electron chi connectivity index (χ4n) is 6.73. The Labute approximate surface area is 363 Å². The second kappa shape index (κ2) is 21.6. The molecule has 0 aliphatic carbocycles. The van der Waals surface area contributed by atoms with Gasteiger partial charge in [0.15, 0.2) is 0 Å². The van der Waals surface area contributed by atoms with E-state index in [1.54, 1.807) is 76.5 Å². The predicted octanol–water partition coefficient (Wildman–Crippen LogP) is 9.55. The summed E-state index contributed by atoms with van der Waals surface area (Å²) >= 11 is 12.3. The topological polar surface area (TPSA) is 117 Å². The Hall–Kier alpha value is -5.58. The first-order valence-electron chi connectivity index (χ1n) is 20.2. The molecular weight excluding hydrogens is 799 g/mol. The third kappa shape index (κ3) is 12.2. The largest absolute Gasteiger partial charge is 0.490 e. The Balaban J connectivity index is 0.000000228. The summed E-state index contributed by atoms with van der Waals surface area (Å²) in [4.78, 5) is 55.0. The molecular formula is C48H54Cl2N4O6. The van der Waals surface area contributed by atoms with Crippen LogP contribution in [0.5, 0.6) is 11.5 Å². The minimum absolute atomic E-state index is 0.0971. The van der Waals surface area contributed by atoms with Crippen molar-refractivity contribution in [1.82, 2.24) is 20.4 Å². The molecule has 0 saturated heterocycles. The molecule has 316 valence electrons. The molecule has 6 rings (SSSR count). The van der Waals surface area contributed by atoms with Gasteiger partial charge in [-0.3, -0.25) is 19.2 Å². The van der Waals surface area contributed by atoms with Crippen molar-refractivity contribution in [2.75, 3.05) is 14.1 Å². The van der Waals surface area contributed by atoms with Crippen LogP contribution < -0.4 is 20.1 Å². The molecule has 4 amide bonds. The summed E-state index contributed by atoms with van der Waals surface area (Å²) in [5.41, 5.74) is 2.73. The lowest BCUT2D eigenvalue weighted by molar-refractivity contribution is -0.126. The summed E-state index contributed by atoms with van der Waals surface area (Å²) in [5, 5.41) is 7.38. The van der Waals surface area contributed by atoms with Crippen molar-refractivity contribution < 1.29 is 28.7 Å². The van der Waals surface area contributed by atoms with Gasteiger partial charge >= 0.3 is 0 Å². The first-order chi connectivity index (χ1) is 28.7. The van der Waals surface area contributed by atoms with Crippen LogP contribution >= 0.6 is 23.2 Å². The number of likely N-dealkylation sites (N-methyl/N-ethyl adjacent to an activating group) is 2. The number of benzene rings is 4. The molecule has 0 aromatic heterocycles. The highest BCUT2D eigenvalue weighted by Gasteiger charge is 2.29. The highest BCUT2D eigenvalue weighted by Crippen LogP contribution is 2.27. The van der Waals surface area contributed by atoms with Crippen molar-refractivity contribution in [2.45, 2.75) is 89.8 Å². The Morgan fingerprint density at radius 3 is 1.27 bits per heavy atom. The Morgan fingerprint density at radius 1 is 0.517 bits per heavy atom. The Bertz CT molecular complexity index is 2040. The first-order valence-corrected chi connectivity index (χ1v) is 21.0. The van der Waals surface area contributed by atoms with Crippen LogP contribution in [0.25, 0.3) is 0 Å². The van der Waals surface area contributed by atoms with Crippen molar-refractivity contribution in [2.24, 2.45) is 0 Å². The van der Waals surface area contributed by atoms with Crippen LogP contribution in [-0.2, 0) is 9.59 Å². The smallest absolute Gasteiger partial charge is 0.258 e. The summed E-state index contributed by atoms with van der Waals surface area (Å²) in [6, 6.07) is 27.4. The Kier molecular flexibility index (Phi) is 16.4. The number of carbonyl (C=O) groups excluding carboxylic acids is 4. The van der Waals surface area contributed by atoms with Gasteiger partial charge in [-0.2, -0.15) is 0 Å². The van der Waals surface area contributed by atoms with Crippen LogP contribution in [0.15, 0.2) is 121 Å². The number of nitrogens with zero attached hydrogens (tertiary/aromatic N) is 2. The first kappa shape index (κ1) is 45.5. The van der Waals surface area contributed by atoms with Crippen LogP contribution in [0.1, 0.15) is 97.3 Å². The van der Waals surface area contributed by atoms with E-state index in [0.717, 1.165) is 11.1 Å². The van der Waals surface area contributed by atoms with Gasteiger partial charge in [0.25, 0.3) is 11.8 Å². The molecule has 60 heavy (non-hydrogen) atoms. The number of hydrogen-bond donors (Lipinski definition) is 2. The third-order valence-electron chi connectivity index (χ3n) is 10.6. The number of hydrogen-bond acceptors (Lipinski definition) is 6. The van der Waals surface area contributed by atoms with Crippen LogP contribution in [-0.4, -0.2) is 71.8 Å². The van der Waals surface area contributed by atoms with Crippen molar-refractivity contribution in [3.05, 3.63) is 154 Å². The lowest BCUT2D eigenvalue weighted by Gasteiger charge is -2.28. The van der Waals surface area contributed by atoms with E-state index in [0.29, 0.717) is 58.4 Å². The highest BCUT2D eigenvalue weighted by molar-refractivity contribution is 6.30. The fourth-order valence-corrected chi connectivity index (χ4v) is 7.13. The maximum atomic E-state index is 13.1. The third-order valence-corrected chi connectivity index (χ3v) is 11.1. The van der Waals surface area contributed by atoms with E-state index in [-0.39, 0.29) is 47.9 Å². The molecule has 4 aromatic carbocycles. The summed E-state index contributed by atoms with van der Waals surface area (Å²) in [7, 11) is 3.26. The summed E-state index contributed by atoms with van der Waals surface area (Å²) in [6.45, 7) is 7.38. The summed E-state index contributed by atoms with van der Waals surface area (Å²) < 4.78 is 12.1. The van der Waals surface area contributed by atoms with Gasteiger partial charge in [0.2, 0.25) is 11.8 Å². The molecule has 2 N–H and O–H groups in total. The molecule has 0 bridgehead atoms. The average molecular weight is 854 g/mol. The second-order valence-electron chi connectivity index (χ2n) is 15.2. The molecule has 10 nitrogen and oxygen atoms in total. The normalized spacial score (nSPS) is 24.3. The van der Waals surface area contributed by atoms with Gasteiger partial charge < -0.3 is 29.9 Å². The molecule has 0 unspecified atom stereocenters. The monoisotopic (exact) mass is 852 g/mol. The van der Waals surface area contributed by atoms with Gasteiger partial charge in [-0.05, 0) is 100 Å². The summed E-state index contributed by atoms with van der Waals surface area (Å²) in [6.07, 6.45) is 10.6. The molecule has 4 aromatic rings. The zero-order valence-electron chi connectivity index (χ0n) is 34.9. The van der Waals surface area contributed by atoms with Gasteiger partial charge in [-0.1, -0.05) is 96.0 Å². The molecule has 2 heterocycles. The molecule has 0 fully saturated rings. The summed E-state index contributed by atoms with van der Waals surface area (Å²) in [5.74, 6) is 0.0780. The van der Waals surface area contributed by atoms with E-state index < -0.39 is 12.1 Å². The Morgan fingerprint density at radius 2 is 0.883 bits per heavy atom. The van der Waals surface area contributed by atoms with E-state index in [9.17, 15) is 19.2 Å². The number of carbonyl (C=O) groups is 4. The van der Waals surface area contributed by atoms with Gasteiger partial charge in [0, 0.05) is 37.0 Å². The van der Waals surface area contributed by atoms with E-state index in [1.165, 1.54) is 9.80 Å². The lowest BCUT2D eigenvalue weighted by Crippen LogP contribution is -2.47. The zero-order valence-corrected chi connectivity index (χ0v) is 36.5. The number of amides is 4. The number of halogens is 2. The number of ether oxygens (including phenoxy) is 2. The maximum absolute atomic E-state index is 13.1. The van der Waals surface area contributed by atoms with Gasteiger partial charge in [-0.25, -0.2) is 0 Å². The minimum atomic E-state index is -0.656. The van der Waals surface area contributed by atoms with Crippen molar-refractivity contribution in [3.63, 3.8) is 0 Å². The molecule has 2 aliphatic heterocycles. The number of rotatable bonds is 2. The number of para-hydroxylation sites is 2. The van der Waals surface area contributed by atoms with Crippen molar-refractivity contribution in [3.8, 4) is 11.5 Å². The SMILES string of the molecule is C[C@@H]1C(=O)N[C@@H](c2cccc(Cl)c2)C/C=C/C[C@H](C)Oc2ccccc2C(=O)N1C.C[C@@H]1C(=O)N[C@@H](c2cccc(Cl)c2)C/C=C\C[C@H](C)Oc2ccccc2C(=O)N1C. The molecule has 2 aliphatic rings. The van der Waals surface area contributed by atoms with Gasteiger partial charge in [0.1, 0.15) is 23.6 Å². The second-order valence-corrected chi connectivity index (χ2v) is 16.0. The van der Waals surface area contributed by atoms with Gasteiger partial charge in [0.05, 0.1) is 35.4 Å². The number of nitrogens with one attached hydrogen (secondary N) is 2. The zero-order chi connectivity index (χ0) is 43.3. The molecule has 6 atom stereocenters. The van der Waals surface area contributed by atoms with E-state index >= 15 is 0 Å². The van der Waals surface area contributed by atoms with Crippen LogP contribution in [0.3, 0.4) is 0 Å². The van der Waals surface area contributed by atoms with Crippen molar-refractivity contribution >= 4 is 46.8 Å². The van der Waals surface area contributed by atoms with Crippen molar-refractivity contribution in [1.29, 1.82) is 0 Å². The fraction of sp³-hybridized carbons (Fsp3) is 0.333. The lowest BCUT2D eigenvalue weighted by atomic mass is 10.0. The standard InChI is InChI=1S/2C24H27ClN2O3/c2*1-16-9-4-6-13-21(18-10-8-11-19(25)15-18)26-23(28)17(2)27(3)24(29)20-12-5-7-14-22(20)30-16/h2*4-8,10-12,14-17,21H,9,13H2,1-3H3,(H,26,28)/b6-4+;6-4-/t2*16-,17+,21+/m00/s1. The van der Waals surface area contributed by atoms with E-state index in [4.69, 9.17) is 32.7 Å². The molecule has 0 radical (unpaired) electrons. The van der Waals surface area contributed by atoms with E-state index in [2.05, 4.69) is 10.6 Å². The molecule has 12 heteroatoms. The predicted molar refractivity (Wildman–Crippen MR) is 238 cm³/mol. The van der Waals surface area contributed by atoms with E-state index in [1.807, 2.05) is 86.7 Å². The quantitative estimate of drug-likeness (QED) is 0.194. The molecule has 0 saturated carbocycles. The highest BCUT2D eigenvalue weighted by atomic mass is 35.5.